The molecule has 9 nitrogen and oxygen atoms in total. The summed E-state index contributed by atoms with van der Waals surface area (Å²) in [5.74, 6) is -2.33. The standard InChI is InChI=1S/C17H13Cl2N3O6S/c1-28-17(25)10-4-9(5-12(6-10)22(26)27)16(24)21-20-15(23)8-29-14-7-11(18)2-3-13(14)19/h2-7H,8H2,1H3,(H,20,23)(H,21,24). The fourth-order valence-electron chi connectivity index (χ4n) is 2.05. The van der Waals surface area contributed by atoms with Gasteiger partial charge in [0, 0.05) is 27.6 Å². The van der Waals surface area contributed by atoms with Crippen LogP contribution < -0.4 is 10.9 Å². The lowest BCUT2D eigenvalue weighted by Gasteiger charge is -2.09. The van der Waals surface area contributed by atoms with Crippen LogP contribution in [0.3, 0.4) is 0 Å². The summed E-state index contributed by atoms with van der Waals surface area (Å²) in [5, 5.41) is 11.9. The van der Waals surface area contributed by atoms with Crippen molar-refractivity contribution in [2.75, 3.05) is 12.9 Å². The number of amides is 2. The molecule has 0 atom stereocenters. The van der Waals surface area contributed by atoms with E-state index < -0.39 is 28.4 Å². The lowest BCUT2D eigenvalue weighted by molar-refractivity contribution is -0.384. The Morgan fingerprint density at radius 3 is 2.45 bits per heavy atom. The molecule has 29 heavy (non-hydrogen) atoms. The molecule has 2 aromatic carbocycles. The van der Waals surface area contributed by atoms with Gasteiger partial charge in [0.2, 0.25) is 5.91 Å². The van der Waals surface area contributed by atoms with Gasteiger partial charge < -0.3 is 4.74 Å². The molecule has 0 spiro atoms. The van der Waals surface area contributed by atoms with Crippen molar-refractivity contribution in [3.63, 3.8) is 0 Å². The van der Waals surface area contributed by atoms with E-state index in [1.807, 2.05) is 0 Å². The number of halogens is 2. The molecular weight excluding hydrogens is 445 g/mol. The normalized spacial score (nSPS) is 10.2. The number of carbonyl (C=O) groups excluding carboxylic acids is 3. The molecule has 0 aliphatic carbocycles. The number of methoxy groups -OCH3 is 1. The highest BCUT2D eigenvalue weighted by Gasteiger charge is 2.19. The maximum atomic E-state index is 12.2. The maximum Gasteiger partial charge on any atom is 0.338 e. The number of hydrazine groups is 1. The fraction of sp³-hybridized carbons (Fsp3) is 0.118. The van der Waals surface area contributed by atoms with Crippen LogP contribution in [0.4, 0.5) is 5.69 Å². The minimum absolute atomic E-state index is 0.0807. The van der Waals surface area contributed by atoms with Crippen LogP contribution in [0, 0.1) is 10.1 Å². The summed E-state index contributed by atoms with van der Waals surface area (Å²) in [5.41, 5.74) is 3.44. The Labute approximate surface area is 178 Å². The molecule has 0 aromatic heterocycles. The van der Waals surface area contributed by atoms with E-state index in [4.69, 9.17) is 23.2 Å². The number of carbonyl (C=O) groups is 3. The molecule has 0 saturated carbocycles. The summed E-state index contributed by atoms with van der Waals surface area (Å²) in [6, 6.07) is 7.85. The number of nitro benzene ring substituents is 1. The van der Waals surface area contributed by atoms with Crippen LogP contribution in [0.1, 0.15) is 20.7 Å². The van der Waals surface area contributed by atoms with E-state index in [2.05, 4.69) is 15.6 Å². The van der Waals surface area contributed by atoms with E-state index in [9.17, 15) is 24.5 Å². The first-order valence-corrected chi connectivity index (χ1v) is 9.50. The van der Waals surface area contributed by atoms with Crippen LogP contribution in [0.5, 0.6) is 0 Å². The van der Waals surface area contributed by atoms with Gasteiger partial charge in [-0.3, -0.25) is 30.6 Å². The number of benzene rings is 2. The van der Waals surface area contributed by atoms with Crippen molar-refractivity contribution in [2.24, 2.45) is 0 Å². The van der Waals surface area contributed by atoms with Gasteiger partial charge >= 0.3 is 5.97 Å². The largest absolute Gasteiger partial charge is 0.465 e. The Kier molecular flexibility index (Phi) is 7.82. The first-order valence-electron chi connectivity index (χ1n) is 7.76. The number of hydrogen-bond acceptors (Lipinski definition) is 7. The molecule has 2 aromatic rings. The van der Waals surface area contributed by atoms with Crippen molar-refractivity contribution >= 4 is 58.4 Å². The smallest absolute Gasteiger partial charge is 0.338 e. The number of esters is 1. The van der Waals surface area contributed by atoms with Crippen molar-refractivity contribution in [1.29, 1.82) is 0 Å². The second-order valence-electron chi connectivity index (χ2n) is 5.38. The second-order valence-corrected chi connectivity index (χ2v) is 7.24. The average Bonchev–Trinajstić information content (AvgIpc) is 2.71. The molecule has 0 saturated heterocycles. The maximum absolute atomic E-state index is 12.2. The Morgan fingerprint density at radius 2 is 1.79 bits per heavy atom. The van der Waals surface area contributed by atoms with Crippen LogP contribution >= 0.6 is 35.0 Å². The zero-order valence-electron chi connectivity index (χ0n) is 14.7. The molecule has 0 aliphatic heterocycles. The molecule has 0 aliphatic rings. The number of hydrogen-bond donors (Lipinski definition) is 2. The van der Waals surface area contributed by atoms with Crippen molar-refractivity contribution < 1.29 is 24.0 Å². The summed E-state index contributed by atoms with van der Waals surface area (Å²) >= 11 is 13.0. The molecule has 0 heterocycles. The zero-order chi connectivity index (χ0) is 21.6. The summed E-state index contributed by atoms with van der Waals surface area (Å²) in [7, 11) is 1.10. The number of nitrogens with one attached hydrogen (secondary N) is 2. The molecular formula is C17H13Cl2N3O6S. The Balaban J connectivity index is 2.01. The quantitative estimate of drug-likeness (QED) is 0.294. The van der Waals surface area contributed by atoms with Gasteiger partial charge in [-0.2, -0.15) is 0 Å². The number of nitro groups is 1. The Bertz CT molecular complexity index is 986. The molecule has 2 rings (SSSR count). The molecule has 2 N–H and O–H groups in total. The molecule has 152 valence electrons. The van der Waals surface area contributed by atoms with Crippen LogP contribution in [-0.2, 0) is 9.53 Å². The third kappa shape index (κ3) is 6.34. The van der Waals surface area contributed by atoms with Gasteiger partial charge in [-0.25, -0.2) is 4.79 Å². The summed E-state index contributed by atoms with van der Waals surface area (Å²) in [6.07, 6.45) is 0. The first-order chi connectivity index (χ1) is 13.7. The van der Waals surface area contributed by atoms with Crippen LogP contribution in [0.25, 0.3) is 0 Å². The van der Waals surface area contributed by atoms with E-state index in [0.29, 0.717) is 14.9 Å². The average molecular weight is 458 g/mol. The first kappa shape index (κ1) is 22.5. The topological polar surface area (TPSA) is 128 Å². The third-order valence-corrected chi connectivity index (χ3v) is 5.11. The van der Waals surface area contributed by atoms with Crippen molar-refractivity contribution in [1.82, 2.24) is 10.9 Å². The predicted octanol–water partition coefficient (Wildman–Crippen LogP) is 3.24. The summed E-state index contributed by atoms with van der Waals surface area (Å²) in [6.45, 7) is 0. The Hall–Kier alpha value is -2.82. The molecule has 0 fully saturated rings. The highest BCUT2D eigenvalue weighted by molar-refractivity contribution is 8.00. The van der Waals surface area contributed by atoms with E-state index >= 15 is 0 Å². The lowest BCUT2D eigenvalue weighted by Crippen LogP contribution is -2.42. The number of rotatable bonds is 6. The van der Waals surface area contributed by atoms with Crippen molar-refractivity contribution in [3.05, 3.63) is 67.7 Å². The van der Waals surface area contributed by atoms with Gasteiger partial charge in [0.25, 0.3) is 11.6 Å². The number of non-ortho nitro benzene ring substituents is 1. The van der Waals surface area contributed by atoms with E-state index in [-0.39, 0.29) is 16.9 Å². The Morgan fingerprint density at radius 1 is 1.10 bits per heavy atom. The minimum atomic E-state index is -0.849. The summed E-state index contributed by atoms with van der Waals surface area (Å²) in [4.78, 5) is 46.6. The SMILES string of the molecule is COC(=O)c1cc(C(=O)NNC(=O)CSc2cc(Cl)ccc2Cl)cc([N+](=O)[O-])c1. The van der Waals surface area contributed by atoms with Crippen LogP contribution in [0.15, 0.2) is 41.3 Å². The van der Waals surface area contributed by atoms with Gasteiger partial charge in [0.1, 0.15) is 0 Å². The van der Waals surface area contributed by atoms with Gasteiger partial charge in [0.15, 0.2) is 0 Å². The van der Waals surface area contributed by atoms with E-state index in [1.54, 1.807) is 18.2 Å². The number of nitrogens with zero attached hydrogens (tertiary/aromatic N) is 1. The molecule has 0 radical (unpaired) electrons. The monoisotopic (exact) mass is 457 g/mol. The number of ether oxygens (including phenoxy) is 1. The van der Waals surface area contributed by atoms with Crippen molar-refractivity contribution in [2.45, 2.75) is 4.90 Å². The highest BCUT2D eigenvalue weighted by Crippen LogP contribution is 2.29. The number of thioether (sulfide) groups is 1. The van der Waals surface area contributed by atoms with Gasteiger partial charge in [0.05, 0.1) is 28.4 Å². The van der Waals surface area contributed by atoms with Gasteiger partial charge in [-0.05, 0) is 24.3 Å². The molecule has 12 heteroatoms. The zero-order valence-corrected chi connectivity index (χ0v) is 17.1. The molecule has 0 bridgehead atoms. The molecule has 0 unspecified atom stereocenters. The lowest BCUT2D eigenvalue weighted by atomic mass is 10.1. The van der Waals surface area contributed by atoms with Crippen molar-refractivity contribution in [3.8, 4) is 0 Å². The summed E-state index contributed by atoms with van der Waals surface area (Å²) < 4.78 is 4.51. The second kappa shape index (κ2) is 10.1. The highest BCUT2D eigenvalue weighted by atomic mass is 35.5. The van der Waals surface area contributed by atoms with Gasteiger partial charge in [-0.1, -0.05) is 23.2 Å². The van der Waals surface area contributed by atoms with E-state index in [0.717, 1.165) is 37.1 Å². The minimum Gasteiger partial charge on any atom is -0.465 e. The van der Waals surface area contributed by atoms with Crippen LogP contribution in [0.2, 0.25) is 10.0 Å². The predicted molar refractivity (Wildman–Crippen MR) is 107 cm³/mol. The fourth-order valence-corrected chi connectivity index (χ4v) is 3.34. The van der Waals surface area contributed by atoms with Crippen LogP contribution in [-0.4, -0.2) is 35.6 Å². The molecule has 2 amide bonds. The van der Waals surface area contributed by atoms with Gasteiger partial charge in [-0.15, -0.1) is 11.8 Å². The third-order valence-electron chi connectivity index (χ3n) is 3.38. The van der Waals surface area contributed by atoms with E-state index in [1.165, 1.54) is 0 Å².